The van der Waals surface area contributed by atoms with Crippen molar-refractivity contribution in [3.8, 4) is 11.1 Å². The number of anilines is 1. The van der Waals surface area contributed by atoms with Crippen LogP contribution in [0.15, 0.2) is 49.2 Å². The summed E-state index contributed by atoms with van der Waals surface area (Å²) in [7, 11) is 1.92. The fraction of sp³-hybridized carbons (Fsp3) is 0.304. The van der Waals surface area contributed by atoms with Crippen molar-refractivity contribution in [3.63, 3.8) is 0 Å². The number of hydrogen-bond donors (Lipinski definition) is 1. The number of hydrogen-bond acceptors (Lipinski definition) is 6. The molecule has 156 valence electrons. The lowest BCUT2D eigenvalue weighted by Gasteiger charge is -2.23. The van der Waals surface area contributed by atoms with Crippen LogP contribution in [-0.2, 0) is 18.2 Å². The minimum Gasteiger partial charge on any atom is -0.381 e. The van der Waals surface area contributed by atoms with Crippen LogP contribution >= 0.6 is 0 Å². The molecule has 0 spiro atoms. The SMILES string of the molecule is Cn1cc(-c2cnn3ccc(C4=CCc5nc(NC6CCOCC6)ncc54)cc23)cn1. The zero-order valence-corrected chi connectivity index (χ0v) is 17.3. The van der Waals surface area contributed by atoms with Crippen LogP contribution in [0.3, 0.4) is 0 Å². The van der Waals surface area contributed by atoms with E-state index in [9.17, 15) is 0 Å². The number of aryl methyl sites for hydroxylation is 1. The summed E-state index contributed by atoms with van der Waals surface area (Å²) in [4.78, 5) is 9.41. The summed E-state index contributed by atoms with van der Waals surface area (Å²) in [6, 6.07) is 4.67. The summed E-state index contributed by atoms with van der Waals surface area (Å²) >= 11 is 0. The molecule has 4 aromatic rings. The maximum Gasteiger partial charge on any atom is 0.223 e. The predicted octanol–water partition coefficient (Wildman–Crippen LogP) is 3.10. The summed E-state index contributed by atoms with van der Waals surface area (Å²) in [5.41, 5.74) is 7.67. The molecular weight excluding hydrogens is 390 g/mol. The van der Waals surface area contributed by atoms with E-state index in [1.54, 1.807) is 0 Å². The van der Waals surface area contributed by atoms with E-state index < -0.39 is 0 Å². The molecule has 1 aliphatic heterocycles. The molecule has 0 amide bonds. The number of nitrogens with zero attached hydrogens (tertiary/aromatic N) is 6. The molecule has 1 aliphatic carbocycles. The lowest BCUT2D eigenvalue weighted by Crippen LogP contribution is -2.28. The van der Waals surface area contributed by atoms with Gasteiger partial charge in [0.1, 0.15) is 0 Å². The minimum absolute atomic E-state index is 0.385. The summed E-state index contributed by atoms with van der Waals surface area (Å²) in [6.07, 6.45) is 14.8. The van der Waals surface area contributed by atoms with E-state index in [1.807, 2.05) is 47.2 Å². The Hall–Kier alpha value is -3.52. The number of allylic oxidation sites excluding steroid dienone is 1. The second-order valence-electron chi connectivity index (χ2n) is 8.11. The summed E-state index contributed by atoms with van der Waals surface area (Å²) in [5, 5.41) is 12.3. The van der Waals surface area contributed by atoms with E-state index in [4.69, 9.17) is 9.72 Å². The molecule has 0 atom stereocenters. The number of ether oxygens (including phenoxy) is 1. The third kappa shape index (κ3) is 3.29. The lowest BCUT2D eigenvalue weighted by molar-refractivity contribution is 0.0903. The summed E-state index contributed by atoms with van der Waals surface area (Å²) in [5.74, 6) is 0.713. The molecule has 1 N–H and O–H groups in total. The minimum atomic E-state index is 0.385. The molecule has 0 unspecified atom stereocenters. The van der Waals surface area contributed by atoms with E-state index in [-0.39, 0.29) is 0 Å². The molecule has 8 nitrogen and oxygen atoms in total. The Balaban J connectivity index is 1.31. The number of fused-ring (bicyclic) bond motifs is 2. The second-order valence-corrected chi connectivity index (χ2v) is 8.11. The Morgan fingerprint density at radius 1 is 1.06 bits per heavy atom. The van der Waals surface area contributed by atoms with Gasteiger partial charge in [-0.05, 0) is 36.1 Å². The van der Waals surface area contributed by atoms with Gasteiger partial charge in [-0.25, -0.2) is 14.5 Å². The van der Waals surface area contributed by atoms with Crippen molar-refractivity contribution >= 4 is 17.0 Å². The van der Waals surface area contributed by atoms with Gasteiger partial charge in [-0.2, -0.15) is 10.2 Å². The van der Waals surface area contributed by atoms with Crippen molar-refractivity contribution in [1.82, 2.24) is 29.4 Å². The number of pyridine rings is 1. The number of nitrogens with one attached hydrogen (secondary N) is 1. The highest BCUT2D eigenvalue weighted by molar-refractivity contribution is 5.88. The van der Waals surface area contributed by atoms with Gasteiger partial charge >= 0.3 is 0 Å². The van der Waals surface area contributed by atoms with Gasteiger partial charge in [-0.3, -0.25) is 4.68 Å². The van der Waals surface area contributed by atoms with E-state index in [0.29, 0.717) is 12.0 Å². The Kier molecular flexibility index (Phi) is 4.31. The van der Waals surface area contributed by atoms with Crippen molar-refractivity contribution in [1.29, 1.82) is 0 Å². The van der Waals surface area contributed by atoms with Crippen LogP contribution in [0, 0.1) is 0 Å². The number of aromatic nitrogens is 6. The number of rotatable bonds is 4. The molecule has 5 heterocycles. The molecule has 8 heteroatoms. The van der Waals surface area contributed by atoms with Crippen molar-refractivity contribution in [3.05, 3.63) is 66.0 Å². The zero-order valence-electron chi connectivity index (χ0n) is 17.3. The molecule has 0 aromatic carbocycles. The standard InChI is InChI=1S/C23H23N7O/c1-29-14-16(11-25-29)19-13-26-30-7-4-15(10-22(19)30)18-2-3-21-20(18)12-24-23(28-21)27-17-5-8-31-9-6-17/h2,4,7,10-14,17H,3,5-6,8-9H2,1H3,(H,24,27,28). The van der Waals surface area contributed by atoms with Gasteiger partial charge < -0.3 is 10.1 Å². The first-order chi connectivity index (χ1) is 15.2. The van der Waals surface area contributed by atoms with Crippen LogP contribution in [0.5, 0.6) is 0 Å². The highest BCUT2D eigenvalue weighted by Gasteiger charge is 2.21. The molecule has 4 aromatic heterocycles. The summed E-state index contributed by atoms with van der Waals surface area (Å²) < 4.78 is 9.15. The van der Waals surface area contributed by atoms with Crippen molar-refractivity contribution < 1.29 is 4.74 Å². The van der Waals surface area contributed by atoms with Gasteiger partial charge in [-0.1, -0.05) is 6.08 Å². The fourth-order valence-electron chi connectivity index (χ4n) is 4.40. The monoisotopic (exact) mass is 413 g/mol. The van der Waals surface area contributed by atoms with Crippen LogP contribution in [-0.4, -0.2) is 48.6 Å². The first-order valence-electron chi connectivity index (χ1n) is 10.6. The highest BCUT2D eigenvalue weighted by atomic mass is 16.5. The quantitative estimate of drug-likeness (QED) is 0.554. The van der Waals surface area contributed by atoms with Crippen molar-refractivity contribution in [2.45, 2.75) is 25.3 Å². The van der Waals surface area contributed by atoms with E-state index in [0.717, 1.165) is 65.9 Å². The third-order valence-electron chi connectivity index (χ3n) is 6.06. The molecule has 0 radical (unpaired) electrons. The van der Waals surface area contributed by atoms with Gasteiger partial charge in [0.25, 0.3) is 0 Å². The largest absolute Gasteiger partial charge is 0.381 e. The maximum absolute atomic E-state index is 5.44. The van der Waals surface area contributed by atoms with Crippen LogP contribution in [0.1, 0.15) is 29.7 Å². The van der Waals surface area contributed by atoms with Crippen LogP contribution < -0.4 is 5.32 Å². The van der Waals surface area contributed by atoms with Gasteiger partial charge in [-0.15, -0.1) is 0 Å². The smallest absolute Gasteiger partial charge is 0.223 e. The van der Waals surface area contributed by atoms with Gasteiger partial charge in [0, 0.05) is 68.0 Å². The topological polar surface area (TPSA) is 82.2 Å². The molecule has 31 heavy (non-hydrogen) atoms. The molecule has 0 saturated carbocycles. The lowest BCUT2D eigenvalue weighted by atomic mass is 10.0. The maximum atomic E-state index is 5.44. The second kappa shape index (κ2) is 7.31. The molecule has 0 bridgehead atoms. The molecule has 6 rings (SSSR count). The average Bonchev–Trinajstić information content (AvgIpc) is 3.51. The Labute approximate surface area is 179 Å². The van der Waals surface area contributed by atoms with Crippen molar-refractivity contribution in [2.24, 2.45) is 7.05 Å². The highest BCUT2D eigenvalue weighted by Crippen LogP contribution is 2.34. The Morgan fingerprint density at radius 3 is 2.81 bits per heavy atom. The predicted molar refractivity (Wildman–Crippen MR) is 118 cm³/mol. The van der Waals surface area contributed by atoms with Crippen molar-refractivity contribution in [2.75, 3.05) is 18.5 Å². The Bertz CT molecular complexity index is 1300. The Morgan fingerprint density at radius 2 is 1.97 bits per heavy atom. The summed E-state index contributed by atoms with van der Waals surface area (Å²) in [6.45, 7) is 1.60. The third-order valence-corrected chi connectivity index (χ3v) is 6.06. The van der Waals surface area contributed by atoms with Crippen LogP contribution in [0.25, 0.3) is 22.2 Å². The molecule has 1 fully saturated rings. The van der Waals surface area contributed by atoms with Crippen LogP contribution in [0.4, 0.5) is 5.95 Å². The van der Waals surface area contributed by atoms with E-state index in [1.165, 1.54) is 5.57 Å². The molecular formula is C23H23N7O. The molecule has 2 aliphatic rings. The fourth-order valence-corrected chi connectivity index (χ4v) is 4.40. The van der Waals surface area contributed by atoms with Gasteiger partial charge in [0.2, 0.25) is 5.95 Å². The first kappa shape index (κ1) is 18.3. The first-order valence-corrected chi connectivity index (χ1v) is 10.6. The normalized spacial score (nSPS) is 16.5. The van der Waals surface area contributed by atoms with Crippen LogP contribution in [0.2, 0.25) is 0 Å². The van der Waals surface area contributed by atoms with Gasteiger partial charge in [0.05, 0.1) is 23.6 Å². The van der Waals surface area contributed by atoms with E-state index >= 15 is 0 Å². The van der Waals surface area contributed by atoms with E-state index in [2.05, 4.69) is 38.7 Å². The average molecular weight is 413 g/mol. The molecule has 1 saturated heterocycles. The zero-order chi connectivity index (χ0) is 20.8. The van der Waals surface area contributed by atoms with Gasteiger partial charge in [0.15, 0.2) is 0 Å².